The number of halogens is 1. The first-order valence-corrected chi connectivity index (χ1v) is 7.21. The Kier molecular flexibility index (Phi) is 4.84. The molecule has 1 aromatic rings. The third-order valence-corrected chi connectivity index (χ3v) is 4.40. The zero-order valence-electron chi connectivity index (χ0n) is 12.3. The molecule has 102 valence electrons. The molecule has 1 aromatic carbocycles. The molecule has 0 aromatic heterocycles. The molecule has 3 heteroatoms. The van der Waals surface area contributed by atoms with Crippen LogP contribution in [0, 0.1) is 5.41 Å². The van der Waals surface area contributed by atoms with Crippen LogP contribution in [0.3, 0.4) is 0 Å². The van der Waals surface area contributed by atoms with Crippen molar-refractivity contribution in [1.29, 1.82) is 0 Å². The van der Waals surface area contributed by atoms with Gasteiger partial charge in [0.25, 0.3) is 0 Å². The highest BCUT2D eigenvalue weighted by atomic mass is 79.9. The minimum atomic E-state index is 0.0544. The van der Waals surface area contributed by atoms with Crippen molar-refractivity contribution in [3.63, 3.8) is 0 Å². The monoisotopic (exact) mass is 312 g/mol. The highest BCUT2D eigenvalue weighted by Crippen LogP contribution is 2.31. The average molecular weight is 313 g/mol. The number of rotatable bonds is 3. The molecule has 0 saturated heterocycles. The van der Waals surface area contributed by atoms with Crippen LogP contribution in [0.4, 0.5) is 5.69 Å². The Morgan fingerprint density at radius 2 is 1.78 bits per heavy atom. The first-order chi connectivity index (χ1) is 8.14. The molecule has 0 aliphatic heterocycles. The van der Waals surface area contributed by atoms with Crippen LogP contribution in [0.25, 0.3) is 0 Å². The molecule has 0 saturated carbocycles. The number of hydrogen-bond acceptors (Lipinski definition) is 2. The highest BCUT2D eigenvalue weighted by Gasteiger charge is 2.24. The molecule has 2 atom stereocenters. The predicted molar refractivity (Wildman–Crippen MR) is 84.1 cm³/mol. The van der Waals surface area contributed by atoms with Crippen molar-refractivity contribution in [2.75, 3.05) is 11.9 Å². The fourth-order valence-electron chi connectivity index (χ4n) is 1.91. The number of nitrogens with two attached hydrogens (primary N) is 1. The van der Waals surface area contributed by atoms with Gasteiger partial charge in [-0.15, -0.1) is 0 Å². The number of hydrogen-bond donors (Lipinski definition) is 1. The summed E-state index contributed by atoms with van der Waals surface area (Å²) >= 11 is 3.61. The van der Waals surface area contributed by atoms with Crippen molar-refractivity contribution in [2.45, 2.75) is 46.7 Å². The van der Waals surface area contributed by atoms with E-state index in [4.69, 9.17) is 5.73 Å². The normalized spacial score (nSPS) is 15.3. The zero-order valence-corrected chi connectivity index (χ0v) is 13.9. The summed E-state index contributed by atoms with van der Waals surface area (Å²) in [7, 11) is 2.14. The zero-order chi connectivity index (χ0) is 14.1. The molecule has 0 fully saturated rings. The molecule has 1 rings (SSSR count). The summed E-state index contributed by atoms with van der Waals surface area (Å²) in [5.74, 6) is 0. The summed E-state index contributed by atoms with van der Waals surface area (Å²) < 4.78 is 1.09. The first kappa shape index (κ1) is 15.5. The van der Waals surface area contributed by atoms with Gasteiger partial charge in [-0.25, -0.2) is 0 Å². The van der Waals surface area contributed by atoms with Crippen LogP contribution >= 0.6 is 15.9 Å². The van der Waals surface area contributed by atoms with Crippen LogP contribution in [0.15, 0.2) is 22.7 Å². The van der Waals surface area contributed by atoms with Gasteiger partial charge in [0, 0.05) is 29.3 Å². The van der Waals surface area contributed by atoms with Crippen molar-refractivity contribution in [3.8, 4) is 0 Å². The molecular formula is C15H25BrN2. The topological polar surface area (TPSA) is 29.3 Å². The lowest BCUT2D eigenvalue weighted by Crippen LogP contribution is -2.39. The minimum absolute atomic E-state index is 0.0544. The molecule has 0 bridgehead atoms. The van der Waals surface area contributed by atoms with Gasteiger partial charge >= 0.3 is 0 Å². The van der Waals surface area contributed by atoms with Crippen LogP contribution in [-0.2, 0) is 0 Å². The summed E-state index contributed by atoms with van der Waals surface area (Å²) in [5, 5.41) is 0. The van der Waals surface area contributed by atoms with Gasteiger partial charge in [0.05, 0.1) is 0 Å². The number of benzene rings is 1. The lowest BCUT2D eigenvalue weighted by molar-refractivity contribution is 0.330. The second kappa shape index (κ2) is 5.62. The van der Waals surface area contributed by atoms with E-state index in [0.29, 0.717) is 6.04 Å². The maximum Gasteiger partial charge on any atom is 0.0377 e. The molecule has 0 radical (unpaired) electrons. The molecular weight excluding hydrogens is 288 g/mol. The van der Waals surface area contributed by atoms with Crippen molar-refractivity contribution in [1.82, 2.24) is 0 Å². The van der Waals surface area contributed by atoms with E-state index >= 15 is 0 Å². The van der Waals surface area contributed by atoms with Crippen LogP contribution in [-0.4, -0.2) is 13.1 Å². The Balaban J connectivity index is 3.02. The predicted octanol–water partition coefficient (Wildman–Crippen LogP) is 4.34. The molecule has 1 unspecified atom stereocenters. The first-order valence-electron chi connectivity index (χ1n) is 6.42. The fourth-order valence-corrected chi connectivity index (χ4v) is 2.64. The largest absolute Gasteiger partial charge is 0.371 e. The molecule has 2 nitrogen and oxygen atoms in total. The van der Waals surface area contributed by atoms with Crippen LogP contribution in [0.5, 0.6) is 0 Å². The lowest BCUT2D eigenvalue weighted by atomic mass is 9.87. The Labute approximate surface area is 120 Å². The van der Waals surface area contributed by atoms with Gasteiger partial charge in [-0.2, -0.15) is 0 Å². The van der Waals surface area contributed by atoms with E-state index in [2.05, 4.69) is 73.8 Å². The van der Waals surface area contributed by atoms with E-state index in [-0.39, 0.29) is 11.5 Å². The standard InChI is InChI=1S/C15H25BrN2/c1-10(17)13-8-7-12(9-14(13)16)18(6)11(2)15(3,4)5/h7-11H,17H2,1-6H3/t10-,11?/m0/s1. The van der Waals surface area contributed by atoms with Crippen molar-refractivity contribution in [2.24, 2.45) is 11.1 Å². The summed E-state index contributed by atoms with van der Waals surface area (Å²) in [5.41, 5.74) is 8.54. The van der Waals surface area contributed by atoms with E-state index in [0.717, 1.165) is 10.0 Å². The van der Waals surface area contributed by atoms with Crippen molar-refractivity contribution < 1.29 is 0 Å². The molecule has 0 spiro atoms. The van der Waals surface area contributed by atoms with Gasteiger partial charge in [-0.1, -0.05) is 42.8 Å². The van der Waals surface area contributed by atoms with Crippen LogP contribution < -0.4 is 10.6 Å². The van der Waals surface area contributed by atoms with Gasteiger partial charge in [0.15, 0.2) is 0 Å². The molecule has 0 aliphatic rings. The SMILES string of the molecule is CC(N(C)c1ccc([C@H](C)N)c(Br)c1)C(C)(C)C. The lowest BCUT2D eigenvalue weighted by Gasteiger charge is -2.37. The van der Waals surface area contributed by atoms with Crippen LogP contribution in [0.2, 0.25) is 0 Å². The molecule has 18 heavy (non-hydrogen) atoms. The minimum Gasteiger partial charge on any atom is -0.371 e. The maximum absolute atomic E-state index is 5.93. The van der Waals surface area contributed by atoms with Gasteiger partial charge < -0.3 is 10.6 Å². The van der Waals surface area contributed by atoms with Gasteiger partial charge in [0.2, 0.25) is 0 Å². The van der Waals surface area contributed by atoms with E-state index in [1.165, 1.54) is 5.69 Å². The average Bonchev–Trinajstić information content (AvgIpc) is 2.25. The number of nitrogens with zero attached hydrogens (tertiary/aromatic N) is 1. The fraction of sp³-hybridized carbons (Fsp3) is 0.600. The molecule has 0 amide bonds. The highest BCUT2D eigenvalue weighted by molar-refractivity contribution is 9.10. The summed E-state index contributed by atoms with van der Waals surface area (Å²) in [6.07, 6.45) is 0. The second-order valence-corrected chi connectivity index (χ2v) is 7.00. The third kappa shape index (κ3) is 3.48. The maximum atomic E-state index is 5.93. The van der Waals surface area contributed by atoms with Gasteiger partial charge in [-0.3, -0.25) is 0 Å². The Morgan fingerprint density at radius 3 is 2.17 bits per heavy atom. The van der Waals surface area contributed by atoms with Gasteiger partial charge in [-0.05, 0) is 37.0 Å². The Hall–Kier alpha value is -0.540. The summed E-state index contributed by atoms with van der Waals surface area (Å²) in [4.78, 5) is 2.32. The van der Waals surface area contributed by atoms with E-state index < -0.39 is 0 Å². The molecule has 0 heterocycles. The second-order valence-electron chi connectivity index (χ2n) is 6.15. The van der Waals surface area contributed by atoms with Crippen molar-refractivity contribution in [3.05, 3.63) is 28.2 Å². The Morgan fingerprint density at radius 1 is 1.22 bits per heavy atom. The molecule has 0 aliphatic carbocycles. The van der Waals surface area contributed by atoms with E-state index in [9.17, 15) is 0 Å². The van der Waals surface area contributed by atoms with E-state index in [1.807, 2.05) is 6.92 Å². The summed E-state index contributed by atoms with van der Waals surface area (Å²) in [6.45, 7) is 11.0. The smallest absolute Gasteiger partial charge is 0.0377 e. The van der Waals surface area contributed by atoms with Gasteiger partial charge in [0.1, 0.15) is 0 Å². The Bertz CT molecular complexity index is 407. The van der Waals surface area contributed by atoms with Crippen LogP contribution in [0.1, 0.15) is 46.2 Å². The summed E-state index contributed by atoms with van der Waals surface area (Å²) in [6, 6.07) is 6.92. The van der Waals surface area contributed by atoms with Crippen molar-refractivity contribution >= 4 is 21.6 Å². The number of anilines is 1. The van der Waals surface area contributed by atoms with E-state index in [1.54, 1.807) is 0 Å². The third-order valence-electron chi connectivity index (χ3n) is 3.72. The quantitative estimate of drug-likeness (QED) is 0.899. The molecule has 2 N–H and O–H groups in total.